The third-order valence-corrected chi connectivity index (χ3v) is 4.02. The lowest BCUT2D eigenvalue weighted by molar-refractivity contribution is -0.123. The average molecular weight is 381 g/mol. The molecule has 0 aliphatic carbocycles. The molecule has 0 saturated carbocycles. The Hall–Kier alpha value is -2.87. The number of nitrogens with zero attached hydrogens (tertiary/aromatic N) is 3. The number of rotatable bonds is 6. The van der Waals surface area contributed by atoms with Crippen LogP contribution >= 0.6 is 0 Å². The molecule has 13 heteroatoms. The molecular weight excluding hydrogens is 362 g/mol. The number of carbonyl (C=O) groups is 2. The van der Waals surface area contributed by atoms with Gasteiger partial charge in [-0.2, -0.15) is 4.98 Å². The minimum atomic E-state index is -0.871. The Kier molecular flexibility index (Phi) is 5.46. The van der Waals surface area contributed by atoms with Crippen LogP contribution in [0.25, 0.3) is 11.2 Å². The second-order valence-corrected chi connectivity index (χ2v) is 5.88. The van der Waals surface area contributed by atoms with E-state index in [1.807, 2.05) is 0 Å². The van der Waals surface area contributed by atoms with E-state index in [-0.39, 0.29) is 43.2 Å². The molecule has 27 heavy (non-hydrogen) atoms. The molecule has 0 spiro atoms. The maximum atomic E-state index is 12.2. The number of nitrogens with two attached hydrogens (primary N) is 1. The summed E-state index contributed by atoms with van der Waals surface area (Å²) in [7, 11) is 0. The van der Waals surface area contributed by atoms with Crippen molar-refractivity contribution in [2.75, 3.05) is 25.0 Å². The number of anilines is 1. The largest absolute Gasteiger partial charge is 0.394 e. The number of imidazole rings is 1. The van der Waals surface area contributed by atoms with E-state index >= 15 is 0 Å². The smallest absolute Gasteiger partial charge is 0.280 e. The Labute approximate surface area is 151 Å². The molecule has 146 valence electrons. The number of aromatic amines is 1. The van der Waals surface area contributed by atoms with Crippen LogP contribution in [-0.4, -0.2) is 73.5 Å². The van der Waals surface area contributed by atoms with Crippen LogP contribution in [0.15, 0.2) is 11.1 Å². The van der Waals surface area contributed by atoms with E-state index in [0.29, 0.717) is 0 Å². The molecule has 7 N–H and O–H groups in total. The first-order valence-corrected chi connectivity index (χ1v) is 8.10. The van der Waals surface area contributed by atoms with Gasteiger partial charge in [0.05, 0.1) is 32.1 Å². The summed E-state index contributed by atoms with van der Waals surface area (Å²) < 4.78 is 6.98. The van der Waals surface area contributed by atoms with Gasteiger partial charge in [-0.3, -0.25) is 29.3 Å². The van der Waals surface area contributed by atoms with Crippen LogP contribution in [0.3, 0.4) is 0 Å². The molecule has 2 amide bonds. The van der Waals surface area contributed by atoms with Gasteiger partial charge in [-0.05, 0) is 0 Å². The molecule has 0 unspecified atom stereocenters. The fraction of sp³-hybridized carbons (Fsp3) is 0.500. The monoisotopic (exact) mass is 381 g/mol. The molecule has 0 aromatic carbocycles. The molecule has 13 nitrogen and oxygen atoms in total. The van der Waals surface area contributed by atoms with Gasteiger partial charge in [0.2, 0.25) is 17.8 Å². The third-order valence-electron chi connectivity index (χ3n) is 4.02. The van der Waals surface area contributed by atoms with Crippen LogP contribution in [0.4, 0.5) is 5.95 Å². The molecule has 1 aliphatic rings. The third kappa shape index (κ3) is 3.95. The molecule has 3 heterocycles. The van der Waals surface area contributed by atoms with Crippen LogP contribution < -0.4 is 21.9 Å². The zero-order valence-corrected chi connectivity index (χ0v) is 14.1. The summed E-state index contributed by atoms with van der Waals surface area (Å²) in [6.07, 6.45) is -0.789. The molecule has 1 saturated heterocycles. The van der Waals surface area contributed by atoms with Gasteiger partial charge in [-0.15, -0.1) is 0 Å². The lowest BCUT2D eigenvalue weighted by Crippen LogP contribution is -2.37. The van der Waals surface area contributed by atoms with Crippen molar-refractivity contribution >= 4 is 28.9 Å². The maximum Gasteiger partial charge on any atom is 0.280 e. The fourth-order valence-corrected chi connectivity index (χ4v) is 2.67. The van der Waals surface area contributed by atoms with Crippen LogP contribution in [0.5, 0.6) is 0 Å². The first-order chi connectivity index (χ1) is 12.9. The number of aliphatic hydroxyl groups is 2. The maximum absolute atomic E-state index is 12.2. The molecule has 1 aliphatic heterocycles. The van der Waals surface area contributed by atoms with Crippen molar-refractivity contribution in [2.24, 2.45) is 5.73 Å². The van der Waals surface area contributed by atoms with Crippen LogP contribution in [0, 0.1) is 0 Å². The number of nitrogens with one attached hydrogen (secondary N) is 3. The van der Waals surface area contributed by atoms with Gasteiger partial charge in [0, 0.05) is 6.42 Å². The highest BCUT2D eigenvalue weighted by atomic mass is 16.5. The van der Waals surface area contributed by atoms with Crippen LogP contribution in [-0.2, 0) is 14.3 Å². The highest BCUT2D eigenvalue weighted by Crippen LogP contribution is 2.30. The summed E-state index contributed by atoms with van der Waals surface area (Å²) in [6, 6.07) is 0. The standard InChI is InChI=1S/C14H19N7O6/c15-2-8(24)16-3-9(25)18-14-19-12-11(13(26)20-14)17-5-21(12)10-1-6(23)7(4-22)27-10/h5-7,10,22-23H,1-4,15H2,(H,16,24)(H2,18,19,20,25,26)/t6-,7+,10+/m0/s1. The molecule has 2 aromatic heterocycles. The Morgan fingerprint density at radius 1 is 1.44 bits per heavy atom. The van der Waals surface area contributed by atoms with E-state index in [9.17, 15) is 24.6 Å². The number of ether oxygens (including phenoxy) is 1. The number of aliphatic hydroxyl groups excluding tert-OH is 2. The summed E-state index contributed by atoms with van der Waals surface area (Å²) in [5, 5.41) is 23.7. The second-order valence-electron chi connectivity index (χ2n) is 5.88. The number of carbonyl (C=O) groups excluding carboxylic acids is 2. The predicted octanol–water partition coefficient (Wildman–Crippen LogP) is -3.23. The van der Waals surface area contributed by atoms with Crippen molar-refractivity contribution in [3.63, 3.8) is 0 Å². The van der Waals surface area contributed by atoms with Crippen LogP contribution in [0.1, 0.15) is 12.6 Å². The van der Waals surface area contributed by atoms with Crippen molar-refractivity contribution in [1.29, 1.82) is 0 Å². The molecule has 2 aromatic rings. The number of H-pyrrole nitrogens is 1. The topological polar surface area (TPSA) is 197 Å². The molecule has 0 radical (unpaired) electrons. The zero-order valence-electron chi connectivity index (χ0n) is 14.1. The normalized spacial score (nSPS) is 22.1. The highest BCUT2D eigenvalue weighted by Gasteiger charge is 2.35. The van der Waals surface area contributed by atoms with E-state index in [1.54, 1.807) is 0 Å². The number of hydrogen-bond acceptors (Lipinski definition) is 9. The van der Waals surface area contributed by atoms with Crippen molar-refractivity contribution in [3.05, 3.63) is 16.7 Å². The Morgan fingerprint density at radius 3 is 2.89 bits per heavy atom. The predicted molar refractivity (Wildman–Crippen MR) is 90.5 cm³/mol. The molecule has 3 rings (SSSR count). The highest BCUT2D eigenvalue weighted by molar-refractivity contribution is 5.93. The van der Waals surface area contributed by atoms with Gasteiger partial charge in [0.15, 0.2) is 11.2 Å². The lowest BCUT2D eigenvalue weighted by Gasteiger charge is -2.13. The van der Waals surface area contributed by atoms with Crippen molar-refractivity contribution in [3.8, 4) is 0 Å². The number of amides is 2. The molecule has 1 fully saturated rings. The minimum absolute atomic E-state index is 0.0231. The van der Waals surface area contributed by atoms with Gasteiger partial charge in [0.25, 0.3) is 5.56 Å². The summed E-state index contributed by atoms with van der Waals surface area (Å²) >= 11 is 0. The zero-order chi connectivity index (χ0) is 19.6. The summed E-state index contributed by atoms with van der Waals surface area (Å²) in [4.78, 5) is 45.6. The van der Waals surface area contributed by atoms with Gasteiger partial charge in [0.1, 0.15) is 12.3 Å². The van der Waals surface area contributed by atoms with Gasteiger partial charge >= 0.3 is 0 Å². The first kappa shape index (κ1) is 18.9. The number of hydrogen-bond donors (Lipinski definition) is 6. The Morgan fingerprint density at radius 2 is 2.22 bits per heavy atom. The molecule has 0 bridgehead atoms. The SMILES string of the molecule is NCC(=O)NCC(=O)Nc1nc2c(ncn2[C@H]2C[C@H](O)[C@@H](CO)O2)c(=O)[nH]1. The molecule has 3 atom stereocenters. The minimum Gasteiger partial charge on any atom is -0.394 e. The number of aromatic nitrogens is 4. The first-order valence-electron chi connectivity index (χ1n) is 8.10. The summed E-state index contributed by atoms with van der Waals surface area (Å²) in [6.45, 7) is -0.948. The van der Waals surface area contributed by atoms with E-state index in [1.165, 1.54) is 10.9 Å². The lowest BCUT2D eigenvalue weighted by atomic mass is 10.2. The van der Waals surface area contributed by atoms with Crippen molar-refractivity contribution in [1.82, 2.24) is 24.8 Å². The van der Waals surface area contributed by atoms with Gasteiger partial charge in [-0.25, -0.2) is 4.98 Å². The quantitative estimate of drug-likeness (QED) is 0.298. The summed E-state index contributed by atoms with van der Waals surface area (Å²) in [5.41, 5.74) is 4.70. The van der Waals surface area contributed by atoms with E-state index in [4.69, 9.17) is 10.5 Å². The van der Waals surface area contributed by atoms with Gasteiger partial charge < -0.3 is 26.0 Å². The second kappa shape index (κ2) is 7.79. The van der Waals surface area contributed by atoms with Crippen molar-refractivity contribution in [2.45, 2.75) is 24.9 Å². The van der Waals surface area contributed by atoms with Crippen molar-refractivity contribution < 1.29 is 24.5 Å². The fourth-order valence-electron chi connectivity index (χ4n) is 2.67. The van der Waals surface area contributed by atoms with Crippen LogP contribution in [0.2, 0.25) is 0 Å². The van der Waals surface area contributed by atoms with Gasteiger partial charge in [-0.1, -0.05) is 0 Å². The Bertz CT molecular complexity index is 909. The number of fused-ring (bicyclic) bond motifs is 1. The van der Waals surface area contributed by atoms with E-state index in [0.717, 1.165) is 0 Å². The Balaban J connectivity index is 1.82. The summed E-state index contributed by atoms with van der Waals surface area (Å²) in [5.74, 6) is -1.26. The van der Waals surface area contributed by atoms with E-state index < -0.39 is 35.8 Å². The molecular formula is C14H19N7O6. The van der Waals surface area contributed by atoms with E-state index in [2.05, 4.69) is 25.6 Å². The average Bonchev–Trinajstić information content (AvgIpc) is 3.22.